The largest absolute Gasteiger partial charge is 0.444 e. The zero-order valence-corrected chi connectivity index (χ0v) is 16.7. The van der Waals surface area contributed by atoms with Gasteiger partial charge in [0.05, 0.1) is 28.8 Å². The molecule has 146 valence electrons. The van der Waals surface area contributed by atoms with Gasteiger partial charge in [0.2, 0.25) is 0 Å². The van der Waals surface area contributed by atoms with Gasteiger partial charge in [-0.3, -0.25) is 9.67 Å². The van der Waals surface area contributed by atoms with Crippen molar-refractivity contribution in [2.75, 3.05) is 18.8 Å². The Morgan fingerprint density at radius 3 is 2.67 bits per heavy atom. The number of hydrogen-bond acceptors (Lipinski definition) is 5. The van der Waals surface area contributed by atoms with Crippen LogP contribution in [0.4, 0.5) is 10.5 Å². The fraction of sp³-hybridized carbons (Fsp3) is 0.526. The van der Waals surface area contributed by atoms with Crippen LogP contribution in [0.3, 0.4) is 0 Å². The summed E-state index contributed by atoms with van der Waals surface area (Å²) in [7, 11) is 0. The van der Waals surface area contributed by atoms with Gasteiger partial charge < -0.3 is 15.4 Å². The van der Waals surface area contributed by atoms with E-state index in [1.807, 2.05) is 31.6 Å². The molecule has 0 spiro atoms. The molecule has 3 rings (SSSR count). The van der Waals surface area contributed by atoms with Crippen LogP contribution < -0.4 is 5.73 Å². The normalized spacial score (nSPS) is 15.8. The maximum atomic E-state index is 12.2. The molecule has 1 amide bonds. The van der Waals surface area contributed by atoms with Gasteiger partial charge in [0.25, 0.3) is 0 Å². The van der Waals surface area contributed by atoms with Crippen LogP contribution in [0.15, 0.2) is 24.7 Å². The molecule has 8 heteroatoms. The molecule has 0 saturated carbocycles. The first kappa shape index (κ1) is 19.5. The highest BCUT2D eigenvalue weighted by molar-refractivity contribution is 6.33. The molecule has 1 saturated heterocycles. The minimum atomic E-state index is -0.462. The number of nitrogens with two attached hydrogens (primary N) is 1. The molecule has 1 fully saturated rings. The number of piperidine rings is 1. The van der Waals surface area contributed by atoms with Gasteiger partial charge in [0, 0.05) is 31.4 Å². The number of likely N-dealkylation sites (tertiary alicyclic amines) is 1. The van der Waals surface area contributed by atoms with Gasteiger partial charge in [0.1, 0.15) is 5.60 Å². The molecule has 0 aromatic carbocycles. The summed E-state index contributed by atoms with van der Waals surface area (Å²) in [6.07, 6.45) is 6.92. The van der Waals surface area contributed by atoms with Crippen molar-refractivity contribution in [1.29, 1.82) is 0 Å². The molecule has 0 aliphatic carbocycles. The predicted octanol–water partition coefficient (Wildman–Crippen LogP) is 3.83. The summed E-state index contributed by atoms with van der Waals surface area (Å²) in [5.74, 6) is 0.464. The topological polar surface area (TPSA) is 86.3 Å². The van der Waals surface area contributed by atoms with Crippen LogP contribution in [-0.2, 0) is 11.3 Å². The number of carbonyl (C=O) groups excluding carboxylic acids is 1. The number of halogens is 1. The zero-order valence-electron chi connectivity index (χ0n) is 16.0. The highest BCUT2D eigenvalue weighted by atomic mass is 35.5. The van der Waals surface area contributed by atoms with Crippen molar-refractivity contribution in [2.45, 2.75) is 45.8 Å². The summed E-state index contributed by atoms with van der Waals surface area (Å²) < 4.78 is 7.36. The molecule has 7 nitrogen and oxygen atoms in total. The number of amides is 1. The molecule has 2 aromatic heterocycles. The number of nitrogens with zero attached hydrogens (tertiary/aromatic N) is 4. The Balaban J connectivity index is 1.56. The molecule has 1 aliphatic rings. The molecule has 0 bridgehead atoms. The second-order valence-electron chi connectivity index (χ2n) is 7.96. The SMILES string of the molecule is CC(C)(C)OC(=O)N1CCC(Cn2cc(-c3ncc(N)cc3Cl)cn2)CC1. The van der Waals surface area contributed by atoms with E-state index in [4.69, 9.17) is 22.1 Å². The average molecular weight is 392 g/mol. The Morgan fingerprint density at radius 2 is 2.04 bits per heavy atom. The summed E-state index contributed by atoms with van der Waals surface area (Å²) >= 11 is 6.23. The second kappa shape index (κ2) is 7.76. The van der Waals surface area contributed by atoms with E-state index in [9.17, 15) is 4.79 Å². The van der Waals surface area contributed by atoms with Crippen LogP contribution in [-0.4, -0.2) is 44.4 Å². The first-order valence-electron chi connectivity index (χ1n) is 9.13. The van der Waals surface area contributed by atoms with Crippen molar-refractivity contribution < 1.29 is 9.53 Å². The zero-order chi connectivity index (χ0) is 19.6. The van der Waals surface area contributed by atoms with E-state index in [1.165, 1.54) is 0 Å². The maximum absolute atomic E-state index is 12.2. The molecular formula is C19H26ClN5O2. The monoisotopic (exact) mass is 391 g/mol. The van der Waals surface area contributed by atoms with Crippen LogP contribution in [0.25, 0.3) is 11.3 Å². The summed E-state index contributed by atoms with van der Waals surface area (Å²) in [5, 5.41) is 4.95. The highest BCUT2D eigenvalue weighted by Gasteiger charge is 2.27. The minimum absolute atomic E-state index is 0.230. The lowest BCUT2D eigenvalue weighted by Gasteiger charge is -2.33. The van der Waals surface area contributed by atoms with E-state index in [0.29, 0.717) is 35.4 Å². The quantitative estimate of drug-likeness (QED) is 0.859. The molecule has 0 unspecified atom stereocenters. The second-order valence-corrected chi connectivity index (χ2v) is 8.37. The molecule has 27 heavy (non-hydrogen) atoms. The molecule has 0 atom stereocenters. The molecule has 3 heterocycles. The number of rotatable bonds is 3. The molecule has 2 aromatic rings. The fourth-order valence-electron chi connectivity index (χ4n) is 3.14. The Bertz CT molecular complexity index is 807. The number of carbonyl (C=O) groups is 1. The van der Waals surface area contributed by atoms with E-state index in [2.05, 4.69) is 10.1 Å². The Hall–Kier alpha value is -2.28. The van der Waals surface area contributed by atoms with Gasteiger partial charge >= 0.3 is 6.09 Å². The van der Waals surface area contributed by atoms with E-state index in [-0.39, 0.29) is 6.09 Å². The standard InChI is InChI=1S/C19H26ClN5O2/c1-19(2,3)27-18(26)24-6-4-13(5-7-24)11-25-12-14(9-23-25)17-16(20)8-15(21)10-22-17/h8-10,12-13H,4-7,11,21H2,1-3H3. The molecule has 2 N–H and O–H groups in total. The van der Waals surface area contributed by atoms with Crippen molar-refractivity contribution in [3.05, 3.63) is 29.7 Å². The van der Waals surface area contributed by atoms with E-state index >= 15 is 0 Å². The number of aromatic nitrogens is 3. The highest BCUT2D eigenvalue weighted by Crippen LogP contribution is 2.27. The number of ether oxygens (including phenoxy) is 1. The van der Waals surface area contributed by atoms with Crippen molar-refractivity contribution >= 4 is 23.4 Å². The van der Waals surface area contributed by atoms with Gasteiger partial charge in [-0.25, -0.2) is 4.79 Å². The van der Waals surface area contributed by atoms with E-state index in [1.54, 1.807) is 23.4 Å². The average Bonchev–Trinajstić information content (AvgIpc) is 3.02. The Labute approximate surface area is 164 Å². The molecule has 0 radical (unpaired) electrons. The van der Waals surface area contributed by atoms with Crippen LogP contribution in [0.1, 0.15) is 33.6 Å². The van der Waals surface area contributed by atoms with Crippen molar-refractivity contribution in [3.8, 4) is 11.3 Å². The lowest BCUT2D eigenvalue weighted by atomic mass is 9.97. The van der Waals surface area contributed by atoms with Crippen LogP contribution in [0.5, 0.6) is 0 Å². The number of pyridine rings is 1. The third-order valence-electron chi connectivity index (χ3n) is 4.48. The smallest absolute Gasteiger partial charge is 0.410 e. The fourth-order valence-corrected chi connectivity index (χ4v) is 3.42. The van der Waals surface area contributed by atoms with Crippen LogP contribution in [0.2, 0.25) is 5.02 Å². The molecular weight excluding hydrogens is 366 g/mol. The minimum Gasteiger partial charge on any atom is -0.444 e. The first-order chi connectivity index (χ1) is 12.7. The van der Waals surface area contributed by atoms with Crippen LogP contribution in [0, 0.1) is 5.92 Å². The van der Waals surface area contributed by atoms with Gasteiger partial charge in [-0.1, -0.05) is 11.6 Å². The predicted molar refractivity (Wildman–Crippen MR) is 105 cm³/mol. The van der Waals surface area contributed by atoms with Crippen molar-refractivity contribution in [3.63, 3.8) is 0 Å². The van der Waals surface area contributed by atoms with Gasteiger partial charge in [-0.15, -0.1) is 0 Å². The Morgan fingerprint density at radius 1 is 1.33 bits per heavy atom. The van der Waals surface area contributed by atoms with Gasteiger partial charge in [0.15, 0.2) is 0 Å². The summed E-state index contributed by atoms with van der Waals surface area (Å²) in [5.41, 5.74) is 7.31. The molecule has 1 aliphatic heterocycles. The third-order valence-corrected chi connectivity index (χ3v) is 4.77. The number of hydrogen-bond donors (Lipinski definition) is 1. The number of anilines is 1. The van der Waals surface area contributed by atoms with E-state index < -0.39 is 5.60 Å². The van der Waals surface area contributed by atoms with Crippen molar-refractivity contribution in [2.24, 2.45) is 5.92 Å². The van der Waals surface area contributed by atoms with Crippen molar-refractivity contribution in [1.82, 2.24) is 19.7 Å². The van der Waals surface area contributed by atoms with E-state index in [0.717, 1.165) is 24.9 Å². The lowest BCUT2D eigenvalue weighted by Crippen LogP contribution is -2.42. The third kappa shape index (κ3) is 5.13. The lowest BCUT2D eigenvalue weighted by molar-refractivity contribution is 0.0177. The van der Waals surface area contributed by atoms with Gasteiger partial charge in [-0.05, 0) is 45.6 Å². The number of nitrogen functional groups attached to an aromatic ring is 1. The first-order valence-corrected chi connectivity index (χ1v) is 9.51. The van der Waals surface area contributed by atoms with Crippen LogP contribution >= 0.6 is 11.6 Å². The Kier molecular flexibility index (Phi) is 5.60. The maximum Gasteiger partial charge on any atom is 0.410 e. The summed E-state index contributed by atoms with van der Waals surface area (Å²) in [6.45, 7) is 7.87. The van der Waals surface area contributed by atoms with Gasteiger partial charge in [-0.2, -0.15) is 5.10 Å². The summed E-state index contributed by atoms with van der Waals surface area (Å²) in [6, 6.07) is 1.69. The summed E-state index contributed by atoms with van der Waals surface area (Å²) in [4.78, 5) is 18.2.